The van der Waals surface area contributed by atoms with Gasteiger partial charge in [-0.25, -0.2) is 0 Å². The molecule has 0 aromatic carbocycles. The van der Waals surface area contributed by atoms with E-state index in [0.29, 0.717) is 19.5 Å². The number of oxime groups is 1. The van der Waals surface area contributed by atoms with Gasteiger partial charge in [0.2, 0.25) is 0 Å². The van der Waals surface area contributed by atoms with Crippen LogP contribution in [0.3, 0.4) is 0 Å². The van der Waals surface area contributed by atoms with Gasteiger partial charge in [0, 0.05) is 12.5 Å². The lowest BCUT2D eigenvalue weighted by atomic mass is 9.75. The second-order valence-electron chi connectivity index (χ2n) is 4.11. The highest BCUT2D eigenvalue weighted by Gasteiger charge is 2.38. The normalized spacial score (nSPS) is 35.0. The molecule has 1 heterocycles. The maximum absolute atomic E-state index is 9.95. The molecular weight excluding hydrogens is 183 g/mol. The van der Waals surface area contributed by atoms with Crippen LogP contribution in [0.25, 0.3) is 0 Å². The van der Waals surface area contributed by atoms with Crippen LogP contribution in [0.4, 0.5) is 0 Å². The number of hydrogen-bond donors (Lipinski definition) is 3. The molecule has 0 bridgehead atoms. The topological polar surface area (TPSA) is 76.3 Å². The Hall–Kier alpha value is -0.585. The highest BCUT2D eigenvalue weighted by molar-refractivity contribution is 6.45. The first kappa shape index (κ1) is 11.5. The van der Waals surface area contributed by atoms with E-state index in [2.05, 4.69) is 5.16 Å². The molecule has 0 aromatic heterocycles. The number of hydrogen-bond acceptors (Lipinski definition) is 5. The van der Waals surface area contributed by atoms with E-state index in [4.69, 9.17) is 5.21 Å². The summed E-state index contributed by atoms with van der Waals surface area (Å²) in [5, 5.41) is 30.7. The molecule has 3 N–H and O–H groups in total. The van der Waals surface area contributed by atoms with Crippen molar-refractivity contribution in [1.82, 2.24) is 4.81 Å². The van der Waals surface area contributed by atoms with Gasteiger partial charge >= 0.3 is 7.05 Å². The third kappa shape index (κ3) is 2.46. The van der Waals surface area contributed by atoms with Crippen molar-refractivity contribution in [3.8, 4) is 0 Å². The summed E-state index contributed by atoms with van der Waals surface area (Å²) >= 11 is 0. The Kier molecular flexibility index (Phi) is 3.52. The number of aliphatic hydroxyl groups is 1. The van der Waals surface area contributed by atoms with E-state index in [9.17, 15) is 10.1 Å². The first-order chi connectivity index (χ1) is 6.47. The van der Waals surface area contributed by atoms with Crippen LogP contribution in [0.1, 0.15) is 13.3 Å². The lowest BCUT2D eigenvalue weighted by Gasteiger charge is -2.41. The minimum Gasteiger partial charge on any atom is -0.437 e. The Balaban J connectivity index is 2.67. The van der Waals surface area contributed by atoms with Gasteiger partial charge < -0.3 is 20.1 Å². The summed E-state index contributed by atoms with van der Waals surface area (Å²) in [6.07, 6.45) is 1.89. The standard InChI is InChI=1S/C8H17BN2O3/c1-8(12)3-4-11(9(2)13)6-7(8)5-10-14/h5,7,12-14H,3-4,6H2,1-2H3/b10-5+/t7-,8+/m0/s1. The molecule has 0 unspecified atom stereocenters. The van der Waals surface area contributed by atoms with Crippen molar-refractivity contribution in [3.63, 3.8) is 0 Å². The van der Waals surface area contributed by atoms with Crippen molar-refractivity contribution < 1.29 is 15.3 Å². The van der Waals surface area contributed by atoms with E-state index in [-0.39, 0.29) is 5.92 Å². The predicted octanol–water partition coefficient (Wildman–Crippen LogP) is -0.370. The van der Waals surface area contributed by atoms with Crippen LogP contribution in [-0.2, 0) is 0 Å². The van der Waals surface area contributed by atoms with E-state index in [1.807, 2.05) is 4.81 Å². The first-order valence-corrected chi connectivity index (χ1v) is 4.79. The fraction of sp³-hybridized carbons (Fsp3) is 0.875. The number of nitrogens with zero attached hydrogens (tertiary/aromatic N) is 2. The van der Waals surface area contributed by atoms with E-state index in [1.165, 1.54) is 6.21 Å². The van der Waals surface area contributed by atoms with Crippen LogP contribution < -0.4 is 0 Å². The summed E-state index contributed by atoms with van der Waals surface area (Å²) in [5.41, 5.74) is -0.850. The molecule has 5 nitrogen and oxygen atoms in total. The first-order valence-electron chi connectivity index (χ1n) is 4.79. The van der Waals surface area contributed by atoms with Gasteiger partial charge in [0.15, 0.2) is 0 Å². The monoisotopic (exact) mass is 200 g/mol. The predicted molar refractivity (Wildman–Crippen MR) is 54.4 cm³/mol. The number of piperidine rings is 1. The van der Waals surface area contributed by atoms with Gasteiger partial charge in [-0.3, -0.25) is 0 Å². The fourth-order valence-electron chi connectivity index (χ4n) is 1.72. The zero-order valence-electron chi connectivity index (χ0n) is 8.59. The zero-order valence-corrected chi connectivity index (χ0v) is 8.59. The second kappa shape index (κ2) is 4.29. The van der Waals surface area contributed by atoms with Crippen molar-refractivity contribution >= 4 is 13.3 Å². The van der Waals surface area contributed by atoms with Crippen LogP contribution in [0.5, 0.6) is 0 Å². The highest BCUT2D eigenvalue weighted by atomic mass is 16.4. The van der Waals surface area contributed by atoms with Gasteiger partial charge in [-0.2, -0.15) is 0 Å². The molecule has 1 fully saturated rings. The van der Waals surface area contributed by atoms with Crippen LogP contribution in [0.2, 0.25) is 6.82 Å². The van der Waals surface area contributed by atoms with Crippen molar-refractivity contribution in [2.75, 3.05) is 13.1 Å². The SMILES string of the molecule is CB(O)N1CC[C@@](C)(O)[C@@H](/C=N/O)C1. The molecule has 0 radical (unpaired) electrons. The van der Waals surface area contributed by atoms with Gasteiger partial charge in [-0.1, -0.05) is 0 Å². The molecule has 0 aromatic rings. The Bertz CT molecular complexity index is 221. The molecule has 1 rings (SSSR count). The Morgan fingerprint density at radius 1 is 1.64 bits per heavy atom. The van der Waals surface area contributed by atoms with Crippen molar-refractivity contribution in [2.45, 2.75) is 25.8 Å². The van der Waals surface area contributed by atoms with E-state index >= 15 is 0 Å². The molecular formula is C8H17BN2O3. The molecule has 80 valence electrons. The molecule has 0 saturated carbocycles. The fourth-order valence-corrected chi connectivity index (χ4v) is 1.72. The lowest BCUT2D eigenvalue weighted by Crippen LogP contribution is -2.54. The van der Waals surface area contributed by atoms with Crippen molar-refractivity contribution in [2.24, 2.45) is 11.1 Å². The van der Waals surface area contributed by atoms with Gasteiger partial charge in [0.1, 0.15) is 0 Å². The van der Waals surface area contributed by atoms with Crippen LogP contribution in [-0.4, -0.2) is 52.1 Å². The quantitative estimate of drug-likeness (QED) is 0.246. The largest absolute Gasteiger partial charge is 0.437 e. The van der Waals surface area contributed by atoms with Crippen LogP contribution in [0.15, 0.2) is 5.16 Å². The lowest BCUT2D eigenvalue weighted by molar-refractivity contribution is -0.0167. The average Bonchev–Trinajstić information content (AvgIpc) is 2.08. The summed E-state index contributed by atoms with van der Waals surface area (Å²) in [5.74, 6) is -0.240. The molecule has 0 aliphatic carbocycles. The maximum atomic E-state index is 9.95. The highest BCUT2D eigenvalue weighted by Crippen LogP contribution is 2.26. The van der Waals surface area contributed by atoms with Crippen LogP contribution >= 0.6 is 0 Å². The molecule has 0 amide bonds. The maximum Gasteiger partial charge on any atom is 0.376 e. The van der Waals surface area contributed by atoms with Crippen molar-refractivity contribution in [1.29, 1.82) is 0 Å². The molecule has 6 heteroatoms. The zero-order chi connectivity index (χ0) is 10.8. The van der Waals surface area contributed by atoms with Gasteiger partial charge in [0.05, 0.1) is 11.8 Å². The minimum atomic E-state index is -0.850. The minimum absolute atomic E-state index is 0.240. The molecule has 2 atom stereocenters. The van der Waals surface area contributed by atoms with Gasteiger partial charge in [-0.05, 0) is 26.7 Å². The Morgan fingerprint density at radius 3 is 2.79 bits per heavy atom. The van der Waals surface area contributed by atoms with E-state index < -0.39 is 12.7 Å². The number of rotatable bonds is 2. The summed E-state index contributed by atoms with van der Waals surface area (Å²) in [6, 6.07) is 0. The molecule has 14 heavy (non-hydrogen) atoms. The smallest absolute Gasteiger partial charge is 0.376 e. The second-order valence-corrected chi connectivity index (χ2v) is 4.11. The Labute approximate surface area is 84.2 Å². The van der Waals surface area contributed by atoms with E-state index in [1.54, 1.807) is 13.7 Å². The van der Waals surface area contributed by atoms with Crippen LogP contribution in [0, 0.1) is 5.92 Å². The summed E-state index contributed by atoms with van der Waals surface area (Å²) in [4.78, 5) is 1.84. The molecule has 1 aliphatic rings. The Morgan fingerprint density at radius 2 is 2.29 bits per heavy atom. The molecule has 1 aliphatic heterocycles. The third-order valence-corrected chi connectivity index (χ3v) is 2.91. The summed E-state index contributed by atoms with van der Waals surface area (Å²) in [6.45, 7) is 4.57. The summed E-state index contributed by atoms with van der Waals surface area (Å²) in [7, 11) is -0.527. The van der Waals surface area contributed by atoms with Crippen molar-refractivity contribution in [3.05, 3.63) is 0 Å². The molecule has 1 saturated heterocycles. The third-order valence-electron chi connectivity index (χ3n) is 2.91. The van der Waals surface area contributed by atoms with E-state index in [0.717, 1.165) is 0 Å². The average molecular weight is 200 g/mol. The van der Waals surface area contributed by atoms with Gasteiger partial charge in [-0.15, -0.1) is 5.16 Å². The van der Waals surface area contributed by atoms with Gasteiger partial charge in [0.25, 0.3) is 0 Å². The molecule has 0 spiro atoms. The summed E-state index contributed by atoms with van der Waals surface area (Å²) < 4.78 is 0.